The average Bonchev–Trinajstić information content (AvgIpc) is 1.27. The molecule has 0 aliphatic rings. The molecule has 0 fully saturated rings. The molecule has 0 unspecified atom stereocenters. The molecular formula is C4H12ORf2Si2. The Bertz CT molecular complexity index is 45.8. The van der Waals surface area contributed by atoms with Gasteiger partial charge in [-0.3, -0.25) is 0 Å². The van der Waals surface area contributed by atoms with Crippen molar-refractivity contribution in [1.29, 1.82) is 0 Å². The van der Waals surface area contributed by atoms with Gasteiger partial charge in [0, 0.05) is 0 Å². The van der Waals surface area contributed by atoms with Crippen molar-refractivity contribution in [2.75, 3.05) is 0 Å². The fourth-order valence-electron chi connectivity index (χ4n) is 0.408. The summed E-state index contributed by atoms with van der Waals surface area (Å²) in [7, 11) is -0.778. The summed E-state index contributed by atoms with van der Waals surface area (Å²) in [5.74, 6) is 0. The Labute approximate surface area is 49.1 Å². The van der Waals surface area contributed by atoms with E-state index in [2.05, 4.69) is 26.2 Å². The summed E-state index contributed by atoms with van der Waals surface area (Å²) in [4.78, 5) is 0. The molecule has 0 heterocycles. The van der Waals surface area contributed by atoms with Crippen molar-refractivity contribution >= 4 is 18.1 Å². The van der Waals surface area contributed by atoms with Gasteiger partial charge in [0.2, 0.25) is 0 Å². The minimum atomic E-state index is -0.389. The van der Waals surface area contributed by atoms with E-state index in [1.165, 1.54) is 0 Å². The molecule has 1 nitrogen and oxygen atoms in total. The van der Waals surface area contributed by atoms with Gasteiger partial charge >= 0.3 is 0 Å². The van der Waals surface area contributed by atoms with Gasteiger partial charge in [-0.1, -0.05) is 0 Å². The Morgan fingerprint density at radius 3 is 1.00 bits per heavy atom. The van der Waals surface area contributed by atoms with E-state index in [0.717, 1.165) is 0 Å². The van der Waals surface area contributed by atoms with Crippen LogP contribution in [-0.2, 0) is 4.12 Å². The zero-order chi connectivity index (χ0) is 5.86. The van der Waals surface area contributed by atoms with E-state index < -0.39 is 0 Å². The van der Waals surface area contributed by atoms with Crippen molar-refractivity contribution in [3.8, 4) is 0 Å². The van der Waals surface area contributed by atoms with Crippen molar-refractivity contribution in [2.24, 2.45) is 0 Å². The topological polar surface area (TPSA) is 9.23 Å². The number of hydrogen-bond acceptors (Lipinski definition) is 1. The van der Waals surface area contributed by atoms with E-state index in [1.54, 1.807) is 0 Å². The Kier molecular flexibility index (Phi) is 11.1. The van der Waals surface area contributed by atoms with Crippen LogP contribution in [0.2, 0.25) is 26.2 Å². The second-order valence-electron chi connectivity index (χ2n) is 1.92. The molecular weight excluding hydrogens is 654 g/mol. The van der Waals surface area contributed by atoms with Crippen LogP contribution in [0.4, 0.5) is 0 Å². The molecule has 5 heteroatoms. The summed E-state index contributed by atoms with van der Waals surface area (Å²) < 4.78 is 5.45. The van der Waals surface area contributed by atoms with E-state index in [4.69, 9.17) is 4.12 Å². The largest absolute Gasteiger partial charge is 0.456 e. The van der Waals surface area contributed by atoms with E-state index in [-0.39, 0.29) is 18.1 Å². The molecule has 0 N–H and O–H groups in total. The normalized spacial score (nSPS) is 8.67. The van der Waals surface area contributed by atoms with Gasteiger partial charge in [0.05, 0.1) is 0 Å². The van der Waals surface area contributed by atoms with Gasteiger partial charge in [0.1, 0.15) is 0 Å². The van der Waals surface area contributed by atoms with Gasteiger partial charge in [0.15, 0.2) is 18.1 Å². The standard InChI is InChI=1S/C4H12OSi2.2Rf/c1-6(2)5-7(3)4;;/h1-4H3;;. The summed E-state index contributed by atoms with van der Waals surface area (Å²) in [5, 5.41) is 0. The zero-order valence-electron chi connectivity index (χ0n) is 6.82. The third-order valence-corrected chi connectivity index (χ3v) is 3.67. The predicted molar refractivity (Wildman–Crippen MR) is 36.0 cm³/mol. The smallest absolute Gasteiger partial charge is 0.191 e. The van der Waals surface area contributed by atoms with Crippen LogP contribution < -0.4 is 0 Å². The van der Waals surface area contributed by atoms with Gasteiger partial charge in [-0.05, 0) is 26.2 Å². The van der Waals surface area contributed by atoms with E-state index in [9.17, 15) is 0 Å². The summed E-state index contributed by atoms with van der Waals surface area (Å²) in [6.07, 6.45) is 0. The Morgan fingerprint density at radius 2 is 1.00 bits per heavy atom. The van der Waals surface area contributed by atoms with Crippen LogP contribution in [0.3, 0.4) is 0 Å². The number of hydrogen-bond donors (Lipinski definition) is 0. The molecule has 0 aliphatic carbocycles. The summed E-state index contributed by atoms with van der Waals surface area (Å²) in [6.45, 7) is 8.68. The summed E-state index contributed by atoms with van der Waals surface area (Å²) in [5.41, 5.74) is 0. The first-order chi connectivity index (χ1) is 3.13. The van der Waals surface area contributed by atoms with Crippen LogP contribution in [-0.4, -0.2) is 18.1 Å². The Balaban J connectivity index is -0.000000180. The SMILES string of the molecule is C[Si](C)O[Si](C)C.[Rf].[Rf]. The fourth-order valence-corrected chi connectivity index (χ4v) is 3.67. The van der Waals surface area contributed by atoms with Crippen LogP contribution in [0.5, 0.6) is 0 Å². The molecule has 0 spiro atoms. The molecule has 9 heavy (non-hydrogen) atoms. The molecule has 0 amide bonds. The molecule has 0 bridgehead atoms. The van der Waals surface area contributed by atoms with Crippen molar-refractivity contribution in [3.63, 3.8) is 0 Å². The van der Waals surface area contributed by atoms with Crippen molar-refractivity contribution < 1.29 is 4.12 Å². The molecule has 0 aromatic carbocycles. The van der Waals surface area contributed by atoms with Crippen LogP contribution in [0.25, 0.3) is 0 Å². The maximum Gasteiger partial charge on any atom is 0.191 e. The third-order valence-electron chi connectivity index (χ3n) is 0.408. The first kappa shape index (κ1) is 15.7. The average molecular weight is 666 g/mol. The fraction of sp³-hybridized carbons (Fsp3) is 1.00. The molecule has 0 saturated carbocycles. The summed E-state index contributed by atoms with van der Waals surface area (Å²) in [6, 6.07) is 0. The van der Waals surface area contributed by atoms with Crippen LogP contribution in [0.1, 0.15) is 0 Å². The van der Waals surface area contributed by atoms with Crippen LogP contribution in [0, 0.1) is 0 Å². The molecule has 0 aromatic heterocycles. The maximum absolute atomic E-state index is 5.45. The second-order valence-corrected chi connectivity index (χ2v) is 6.37. The second kappa shape index (κ2) is 6.39. The first-order valence-corrected chi connectivity index (χ1v) is 7.22. The van der Waals surface area contributed by atoms with Gasteiger partial charge in [0.25, 0.3) is 0 Å². The molecule has 0 atom stereocenters. The van der Waals surface area contributed by atoms with Gasteiger partial charge in [-0.25, -0.2) is 0 Å². The van der Waals surface area contributed by atoms with Gasteiger partial charge in [-0.2, -0.15) is 0 Å². The monoisotopic (exact) mass is 666 g/mol. The maximum atomic E-state index is 5.45. The minimum absolute atomic E-state index is 0. The van der Waals surface area contributed by atoms with Crippen LogP contribution in [0.15, 0.2) is 0 Å². The predicted octanol–water partition coefficient (Wildman–Crippen LogP) is 1.51. The number of rotatable bonds is 2. The molecule has 0 aliphatic heterocycles. The summed E-state index contributed by atoms with van der Waals surface area (Å²) >= 11 is 0. The van der Waals surface area contributed by atoms with Crippen molar-refractivity contribution in [1.82, 2.24) is 0 Å². The molecule has 46 valence electrons. The van der Waals surface area contributed by atoms with Gasteiger partial charge < -0.3 is 4.12 Å². The van der Waals surface area contributed by atoms with Crippen LogP contribution >= 0.6 is 0 Å². The van der Waals surface area contributed by atoms with E-state index in [1.807, 2.05) is 0 Å². The quantitative estimate of drug-likeness (QED) is 0.407. The molecule has 0 rings (SSSR count). The molecule has 2 radical (unpaired) electrons. The molecule has 0 aromatic rings. The van der Waals surface area contributed by atoms with Crippen molar-refractivity contribution in [3.05, 3.63) is 0 Å². The minimum Gasteiger partial charge on any atom is -0.456 e. The zero-order valence-corrected chi connectivity index (χ0v) is 21.6. The Morgan fingerprint density at radius 1 is 0.778 bits per heavy atom. The Hall–Kier alpha value is -1.61. The van der Waals surface area contributed by atoms with Gasteiger partial charge in [-0.15, -0.1) is 0 Å². The van der Waals surface area contributed by atoms with E-state index >= 15 is 0 Å². The van der Waals surface area contributed by atoms with E-state index in [0.29, 0.717) is 0 Å². The third kappa shape index (κ3) is 21.5. The first-order valence-electron chi connectivity index (χ1n) is 2.41. The van der Waals surface area contributed by atoms with Crippen molar-refractivity contribution in [2.45, 2.75) is 26.2 Å². The molecule has 0 saturated heterocycles.